The minimum absolute atomic E-state index is 0.281. The van der Waals surface area contributed by atoms with Gasteiger partial charge in [-0.3, -0.25) is 10.1 Å². The molecule has 3 unspecified atom stereocenters. The van der Waals surface area contributed by atoms with E-state index in [0.29, 0.717) is 17.5 Å². The van der Waals surface area contributed by atoms with Crippen LogP contribution in [-0.2, 0) is 0 Å². The van der Waals surface area contributed by atoms with Crippen LogP contribution in [0, 0.1) is 22.0 Å². The molecule has 1 aromatic rings. The van der Waals surface area contributed by atoms with Crippen LogP contribution >= 0.6 is 0 Å². The molecule has 0 saturated heterocycles. The maximum absolute atomic E-state index is 11.0. The van der Waals surface area contributed by atoms with Crippen LogP contribution in [0.25, 0.3) is 0 Å². The number of carboxylic acids is 1. The third-order valence-electron chi connectivity index (χ3n) is 4.39. The molecular formula is C15H20N2O4. The van der Waals surface area contributed by atoms with Crippen LogP contribution < -0.4 is 5.32 Å². The number of carbonyl (C=O) groups is 1. The van der Waals surface area contributed by atoms with Crippen LogP contribution in [0.4, 0.5) is 11.4 Å². The van der Waals surface area contributed by atoms with Crippen molar-refractivity contribution in [1.82, 2.24) is 0 Å². The Hall–Kier alpha value is -2.11. The third-order valence-corrected chi connectivity index (χ3v) is 4.39. The lowest BCUT2D eigenvalue weighted by Crippen LogP contribution is -2.30. The molecule has 0 heterocycles. The highest BCUT2D eigenvalue weighted by atomic mass is 16.6. The molecule has 1 saturated carbocycles. The molecule has 0 bridgehead atoms. The number of nitrogens with zero attached hydrogens (tertiary/aromatic N) is 1. The van der Waals surface area contributed by atoms with E-state index in [-0.39, 0.29) is 17.3 Å². The van der Waals surface area contributed by atoms with E-state index in [1.165, 1.54) is 12.1 Å². The van der Waals surface area contributed by atoms with Gasteiger partial charge in [0.15, 0.2) is 0 Å². The van der Waals surface area contributed by atoms with Crippen molar-refractivity contribution in [2.75, 3.05) is 5.32 Å². The van der Waals surface area contributed by atoms with Gasteiger partial charge in [0.25, 0.3) is 5.69 Å². The van der Waals surface area contributed by atoms with Gasteiger partial charge < -0.3 is 10.4 Å². The number of nitro benzene ring substituents is 1. The Balaban J connectivity index is 2.16. The second kappa shape index (κ2) is 6.11. The van der Waals surface area contributed by atoms with Crippen LogP contribution in [-0.4, -0.2) is 22.0 Å². The lowest BCUT2D eigenvalue weighted by molar-refractivity contribution is -0.385. The summed E-state index contributed by atoms with van der Waals surface area (Å²) in [5, 5.41) is 23.2. The molecule has 2 N–H and O–H groups in total. The molecule has 0 radical (unpaired) electrons. The van der Waals surface area contributed by atoms with Crippen LogP contribution in [0.2, 0.25) is 0 Å². The lowest BCUT2D eigenvalue weighted by Gasteiger charge is -2.33. The summed E-state index contributed by atoms with van der Waals surface area (Å²) < 4.78 is 0. The average molecular weight is 292 g/mol. The van der Waals surface area contributed by atoms with Crippen molar-refractivity contribution in [3.63, 3.8) is 0 Å². The summed E-state index contributed by atoms with van der Waals surface area (Å²) >= 11 is 0. The second-order valence-electron chi connectivity index (χ2n) is 5.90. The Labute approximate surface area is 123 Å². The number of benzene rings is 1. The first kappa shape index (κ1) is 15.3. The van der Waals surface area contributed by atoms with Gasteiger partial charge in [-0.15, -0.1) is 0 Å². The Kier molecular flexibility index (Phi) is 4.45. The van der Waals surface area contributed by atoms with Gasteiger partial charge in [-0.05, 0) is 43.2 Å². The van der Waals surface area contributed by atoms with Gasteiger partial charge in [-0.1, -0.05) is 13.8 Å². The largest absolute Gasteiger partial charge is 0.477 e. The van der Waals surface area contributed by atoms with E-state index in [2.05, 4.69) is 19.2 Å². The number of aromatic carboxylic acids is 1. The topological polar surface area (TPSA) is 92.5 Å². The first-order valence-corrected chi connectivity index (χ1v) is 7.16. The van der Waals surface area contributed by atoms with E-state index in [4.69, 9.17) is 5.11 Å². The second-order valence-corrected chi connectivity index (χ2v) is 5.90. The molecule has 6 heteroatoms. The minimum atomic E-state index is -1.28. The fourth-order valence-electron chi connectivity index (χ4n) is 2.87. The Bertz CT molecular complexity index is 559. The predicted molar refractivity (Wildman–Crippen MR) is 79.6 cm³/mol. The van der Waals surface area contributed by atoms with Gasteiger partial charge in [-0.2, -0.15) is 0 Å². The number of anilines is 1. The van der Waals surface area contributed by atoms with Crippen molar-refractivity contribution in [3.8, 4) is 0 Å². The van der Waals surface area contributed by atoms with E-state index in [1.807, 2.05) is 0 Å². The molecule has 6 nitrogen and oxygen atoms in total. The maximum Gasteiger partial charge on any atom is 0.342 e. The van der Waals surface area contributed by atoms with Gasteiger partial charge in [0.2, 0.25) is 0 Å². The van der Waals surface area contributed by atoms with Gasteiger partial charge in [0, 0.05) is 17.8 Å². The van der Waals surface area contributed by atoms with Gasteiger partial charge in [0.05, 0.1) is 4.92 Å². The normalized spacial score (nSPS) is 25.3. The first-order chi connectivity index (χ1) is 9.88. The Morgan fingerprint density at radius 1 is 1.33 bits per heavy atom. The van der Waals surface area contributed by atoms with E-state index < -0.39 is 10.9 Å². The zero-order chi connectivity index (χ0) is 15.6. The molecule has 1 aliphatic carbocycles. The fraction of sp³-hybridized carbons (Fsp3) is 0.533. The van der Waals surface area contributed by atoms with E-state index in [0.717, 1.165) is 19.3 Å². The van der Waals surface area contributed by atoms with Crippen molar-refractivity contribution in [1.29, 1.82) is 0 Å². The minimum Gasteiger partial charge on any atom is -0.477 e. The monoisotopic (exact) mass is 292 g/mol. The van der Waals surface area contributed by atoms with Crippen molar-refractivity contribution in [2.45, 2.75) is 39.2 Å². The molecule has 0 amide bonds. The molecule has 0 spiro atoms. The smallest absolute Gasteiger partial charge is 0.342 e. The Morgan fingerprint density at radius 3 is 2.62 bits per heavy atom. The number of hydrogen-bond acceptors (Lipinski definition) is 4. The van der Waals surface area contributed by atoms with E-state index in [1.54, 1.807) is 6.07 Å². The molecule has 1 aromatic carbocycles. The predicted octanol–water partition coefficient (Wildman–Crippen LogP) is 3.53. The molecule has 114 valence electrons. The first-order valence-electron chi connectivity index (χ1n) is 7.16. The quantitative estimate of drug-likeness (QED) is 0.654. The molecule has 3 atom stereocenters. The zero-order valence-corrected chi connectivity index (χ0v) is 12.2. The molecule has 1 aliphatic rings. The molecule has 1 fully saturated rings. The van der Waals surface area contributed by atoms with Crippen LogP contribution in [0.5, 0.6) is 0 Å². The zero-order valence-electron chi connectivity index (χ0n) is 12.2. The van der Waals surface area contributed by atoms with Crippen molar-refractivity contribution in [3.05, 3.63) is 33.9 Å². The van der Waals surface area contributed by atoms with Crippen molar-refractivity contribution in [2.24, 2.45) is 11.8 Å². The van der Waals surface area contributed by atoms with Crippen LogP contribution in [0.3, 0.4) is 0 Å². The maximum atomic E-state index is 11.0. The van der Waals surface area contributed by atoms with Crippen molar-refractivity contribution >= 4 is 17.3 Å². The highest BCUT2D eigenvalue weighted by Crippen LogP contribution is 2.32. The molecular weight excluding hydrogens is 272 g/mol. The van der Waals surface area contributed by atoms with Crippen LogP contribution in [0.1, 0.15) is 43.5 Å². The standard InChI is InChI=1S/C15H20N2O4/c1-9-3-4-11(7-10(9)2)16-12-5-6-13(15(18)19)14(8-12)17(20)21/h5-6,8-11,16H,3-4,7H2,1-2H3,(H,18,19). The van der Waals surface area contributed by atoms with E-state index >= 15 is 0 Å². The number of nitro groups is 1. The summed E-state index contributed by atoms with van der Waals surface area (Å²) in [4.78, 5) is 21.3. The molecule has 2 rings (SSSR count). The summed E-state index contributed by atoms with van der Waals surface area (Å²) in [5.41, 5.74) is -0.0423. The SMILES string of the molecule is CC1CCC(Nc2ccc(C(=O)O)c([N+](=O)[O-])c2)CC1C. The average Bonchev–Trinajstić information content (AvgIpc) is 2.42. The van der Waals surface area contributed by atoms with Crippen LogP contribution in [0.15, 0.2) is 18.2 Å². The molecule has 21 heavy (non-hydrogen) atoms. The van der Waals surface area contributed by atoms with Gasteiger partial charge >= 0.3 is 5.97 Å². The number of rotatable bonds is 4. The highest BCUT2D eigenvalue weighted by Gasteiger charge is 2.25. The van der Waals surface area contributed by atoms with Gasteiger partial charge in [-0.25, -0.2) is 4.79 Å². The summed E-state index contributed by atoms with van der Waals surface area (Å²) in [6.45, 7) is 4.46. The summed E-state index contributed by atoms with van der Waals surface area (Å²) in [7, 11) is 0. The summed E-state index contributed by atoms with van der Waals surface area (Å²) in [6.07, 6.45) is 3.18. The fourth-order valence-corrected chi connectivity index (χ4v) is 2.87. The number of carboxylic acid groups (broad SMARTS) is 1. The lowest BCUT2D eigenvalue weighted by atomic mass is 9.79. The molecule has 0 aliphatic heterocycles. The van der Waals surface area contributed by atoms with E-state index in [9.17, 15) is 14.9 Å². The Morgan fingerprint density at radius 2 is 2.05 bits per heavy atom. The number of hydrogen-bond donors (Lipinski definition) is 2. The van der Waals surface area contributed by atoms with Crippen molar-refractivity contribution < 1.29 is 14.8 Å². The number of nitrogens with one attached hydrogen (secondary N) is 1. The summed E-state index contributed by atoms with van der Waals surface area (Å²) in [5.74, 6) is 0.0321. The summed E-state index contributed by atoms with van der Waals surface area (Å²) in [6, 6.07) is 4.48. The highest BCUT2D eigenvalue weighted by molar-refractivity contribution is 5.93. The molecule has 0 aromatic heterocycles. The van der Waals surface area contributed by atoms with Gasteiger partial charge in [0.1, 0.15) is 5.56 Å². The third kappa shape index (κ3) is 3.51.